The average Bonchev–Trinajstić information content (AvgIpc) is 3.47. The topological polar surface area (TPSA) is 51.4 Å². The van der Waals surface area contributed by atoms with Gasteiger partial charge in [0.25, 0.3) is 5.91 Å². The van der Waals surface area contributed by atoms with Crippen molar-refractivity contribution in [1.82, 2.24) is 14.0 Å². The van der Waals surface area contributed by atoms with Crippen LogP contribution in [0.1, 0.15) is 28.9 Å². The van der Waals surface area contributed by atoms with E-state index in [9.17, 15) is 4.79 Å². The van der Waals surface area contributed by atoms with E-state index in [-0.39, 0.29) is 11.4 Å². The van der Waals surface area contributed by atoms with Gasteiger partial charge in [-0.05, 0) is 60.7 Å². The van der Waals surface area contributed by atoms with E-state index in [1.54, 1.807) is 7.11 Å². The third-order valence-corrected chi connectivity index (χ3v) is 7.12. The predicted octanol–water partition coefficient (Wildman–Crippen LogP) is 4.53. The van der Waals surface area contributed by atoms with E-state index in [0.717, 1.165) is 46.4 Å². The first-order chi connectivity index (χ1) is 15.6. The fraction of sp³-hybridized carbons (Fsp3) is 0.269. The summed E-state index contributed by atoms with van der Waals surface area (Å²) >= 11 is 0. The standard InChI is InChI=1S/C26H26N4O2/c1-28-13-9-18-5-6-19(16-23(18)28)25(31)29-14-10-26(11-15-29)24-4-3-12-30(24)22-8-7-20(32-2)17-21(22)27-26/h3-9,12-13,16-17,27H,10-11,14-15H2,1-2H3. The molecule has 0 aliphatic carbocycles. The number of likely N-dealkylation sites (tertiary alicyclic amines) is 1. The van der Waals surface area contributed by atoms with Gasteiger partial charge in [-0.25, -0.2) is 0 Å². The van der Waals surface area contributed by atoms with E-state index in [2.05, 4.69) is 51.0 Å². The molecule has 2 aliphatic heterocycles. The van der Waals surface area contributed by atoms with Gasteiger partial charge in [0, 0.05) is 55.4 Å². The number of aryl methyl sites for hydroxylation is 1. The maximum absolute atomic E-state index is 13.3. The van der Waals surface area contributed by atoms with Crippen molar-refractivity contribution in [3.63, 3.8) is 0 Å². The molecule has 6 rings (SSSR count). The molecule has 1 amide bonds. The van der Waals surface area contributed by atoms with Crippen LogP contribution in [-0.4, -0.2) is 40.1 Å². The number of carbonyl (C=O) groups excluding carboxylic acids is 1. The van der Waals surface area contributed by atoms with Crippen molar-refractivity contribution >= 4 is 22.5 Å². The highest BCUT2D eigenvalue weighted by atomic mass is 16.5. The van der Waals surface area contributed by atoms with Crippen LogP contribution in [0.2, 0.25) is 0 Å². The quantitative estimate of drug-likeness (QED) is 0.512. The number of methoxy groups -OCH3 is 1. The van der Waals surface area contributed by atoms with Crippen LogP contribution in [0.3, 0.4) is 0 Å². The molecular formula is C26H26N4O2. The first-order valence-corrected chi connectivity index (χ1v) is 11.1. The number of carbonyl (C=O) groups is 1. The van der Waals surface area contributed by atoms with Crippen LogP contribution in [0.15, 0.2) is 67.0 Å². The van der Waals surface area contributed by atoms with E-state index < -0.39 is 0 Å². The number of nitrogens with zero attached hydrogens (tertiary/aromatic N) is 3. The number of benzene rings is 2. The highest BCUT2D eigenvalue weighted by Gasteiger charge is 2.42. The first kappa shape index (κ1) is 19.0. The number of ether oxygens (including phenoxy) is 1. The third-order valence-electron chi connectivity index (χ3n) is 7.12. The monoisotopic (exact) mass is 426 g/mol. The summed E-state index contributed by atoms with van der Waals surface area (Å²) in [4.78, 5) is 15.3. The highest BCUT2D eigenvalue weighted by Crippen LogP contribution is 2.44. The Labute approximate surface area is 187 Å². The van der Waals surface area contributed by atoms with Crippen molar-refractivity contribution in [2.75, 3.05) is 25.5 Å². The van der Waals surface area contributed by atoms with Gasteiger partial charge < -0.3 is 24.1 Å². The lowest BCUT2D eigenvalue weighted by atomic mass is 9.82. The number of piperidine rings is 1. The normalized spacial score (nSPS) is 16.5. The van der Waals surface area contributed by atoms with Gasteiger partial charge in [-0.3, -0.25) is 4.79 Å². The zero-order chi connectivity index (χ0) is 21.9. The summed E-state index contributed by atoms with van der Waals surface area (Å²) in [5.41, 5.74) is 5.11. The van der Waals surface area contributed by atoms with Crippen LogP contribution in [0.5, 0.6) is 5.75 Å². The van der Waals surface area contributed by atoms with E-state index in [1.807, 2.05) is 42.4 Å². The van der Waals surface area contributed by atoms with Crippen LogP contribution in [-0.2, 0) is 12.6 Å². The molecule has 6 heteroatoms. The number of fused-ring (bicyclic) bond motifs is 5. The van der Waals surface area contributed by atoms with Crippen molar-refractivity contribution < 1.29 is 9.53 Å². The minimum absolute atomic E-state index is 0.108. The first-order valence-electron chi connectivity index (χ1n) is 11.1. The van der Waals surface area contributed by atoms with Crippen molar-refractivity contribution in [1.29, 1.82) is 0 Å². The number of amides is 1. The highest BCUT2D eigenvalue weighted by molar-refractivity contribution is 5.98. The van der Waals surface area contributed by atoms with E-state index >= 15 is 0 Å². The summed E-state index contributed by atoms with van der Waals surface area (Å²) in [6.45, 7) is 1.42. The fourth-order valence-corrected chi connectivity index (χ4v) is 5.31. The van der Waals surface area contributed by atoms with Gasteiger partial charge in [-0.15, -0.1) is 0 Å². The maximum Gasteiger partial charge on any atom is 0.253 e. The summed E-state index contributed by atoms with van der Waals surface area (Å²) in [7, 11) is 3.70. The molecule has 2 aromatic heterocycles. The fourth-order valence-electron chi connectivity index (χ4n) is 5.31. The Balaban J connectivity index is 1.27. The zero-order valence-electron chi connectivity index (χ0n) is 18.3. The van der Waals surface area contributed by atoms with Gasteiger partial charge in [0.2, 0.25) is 0 Å². The van der Waals surface area contributed by atoms with E-state index in [1.165, 1.54) is 5.69 Å². The van der Waals surface area contributed by atoms with Gasteiger partial charge in [-0.2, -0.15) is 0 Å². The Morgan fingerprint density at radius 1 is 1.03 bits per heavy atom. The number of aromatic nitrogens is 2. The number of hydrogen-bond acceptors (Lipinski definition) is 3. The molecule has 1 spiro atoms. The maximum atomic E-state index is 13.3. The number of anilines is 1. The number of rotatable bonds is 2. The lowest BCUT2D eigenvalue weighted by molar-refractivity contribution is 0.0676. The average molecular weight is 427 g/mol. The van der Waals surface area contributed by atoms with Gasteiger partial charge in [-0.1, -0.05) is 6.07 Å². The van der Waals surface area contributed by atoms with Crippen LogP contribution >= 0.6 is 0 Å². The predicted molar refractivity (Wildman–Crippen MR) is 126 cm³/mol. The minimum Gasteiger partial charge on any atom is -0.497 e. The van der Waals surface area contributed by atoms with Crippen LogP contribution < -0.4 is 10.1 Å². The molecule has 0 radical (unpaired) electrons. The van der Waals surface area contributed by atoms with Gasteiger partial charge in [0.05, 0.1) is 24.0 Å². The summed E-state index contributed by atoms with van der Waals surface area (Å²) in [5, 5.41) is 4.97. The van der Waals surface area contributed by atoms with Crippen LogP contribution in [0, 0.1) is 0 Å². The second-order valence-corrected chi connectivity index (χ2v) is 8.85. The summed E-state index contributed by atoms with van der Waals surface area (Å²) in [5.74, 6) is 0.946. The molecule has 0 unspecified atom stereocenters. The molecule has 2 aliphatic rings. The Kier molecular flexibility index (Phi) is 4.12. The molecule has 1 saturated heterocycles. The molecule has 32 heavy (non-hydrogen) atoms. The van der Waals surface area contributed by atoms with Crippen molar-refractivity contribution in [3.8, 4) is 11.4 Å². The second kappa shape index (κ2) is 6.92. The van der Waals surface area contributed by atoms with Crippen LogP contribution in [0.4, 0.5) is 5.69 Å². The molecule has 4 heterocycles. The molecule has 6 nitrogen and oxygen atoms in total. The van der Waals surface area contributed by atoms with Gasteiger partial charge in [0.1, 0.15) is 5.75 Å². The van der Waals surface area contributed by atoms with Crippen LogP contribution in [0.25, 0.3) is 16.6 Å². The van der Waals surface area contributed by atoms with Gasteiger partial charge >= 0.3 is 0 Å². The Hall–Kier alpha value is -3.67. The molecule has 2 aromatic carbocycles. The molecule has 0 atom stereocenters. The largest absolute Gasteiger partial charge is 0.497 e. The molecular weight excluding hydrogens is 400 g/mol. The SMILES string of the molecule is COc1ccc2c(c1)NC1(CCN(C(=O)c3ccc4ccn(C)c4c3)CC1)c1cccn1-2. The summed E-state index contributed by atoms with van der Waals surface area (Å²) in [6.07, 6.45) is 5.85. The lowest BCUT2D eigenvalue weighted by Crippen LogP contribution is -2.51. The molecule has 1 fully saturated rings. The Bertz CT molecular complexity index is 1340. The van der Waals surface area contributed by atoms with Crippen molar-refractivity contribution in [2.24, 2.45) is 7.05 Å². The zero-order valence-corrected chi connectivity index (χ0v) is 18.3. The summed E-state index contributed by atoms with van der Waals surface area (Å²) in [6, 6.07) is 18.5. The second-order valence-electron chi connectivity index (χ2n) is 8.85. The van der Waals surface area contributed by atoms with Crippen molar-refractivity contribution in [3.05, 3.63) is 78.2 Å². The molecule has 0 saturated carbocycles. The Morgan fingerprint density at radius 3 is 2.69 bits per heavy atom. The summed E-state index contributed by atoms with van der Waals surface area (Å²) < 4.78 is 9.78. The number of hydrogen-bond donors (Lipinski definition) is 1. The van der Waals surface area contributed by atoms with E-state index in [0.29, 0.717) is 13.1 Å². The molecule has 162 valence electrons. The third kappa shape index (κ3) is 2.75. The Morgan fingerprint density at radius 2 is 1.88 bits per heavy atom. The smallest absolute Gasteiger partial charge is 0.253 e. The molecule has 4 aromatic rings. The molecule has 1 N–H and O–H groups in total. The molecule has 0 bridgehead atoms. The lowest BCUT2D eigenvalue weighted by Gasteiger charge is -2.46. The number of nitrogens with one attached hydrogen (secondary N) is 1. The van der Waals surface area contributed by atoms with Gasteiger partial charge in [0.15, 0.2) is 0 Å². The van der Waals surface area contributed by atoms with Crippen molar-refractivity contribution in [2.45, 2.75) is 18.4 Å². The minimum atomic E-state index is -0.193. The van der Waals surface area contributed by atoms with E-state index in [4.69, 9.17) is 4.74 Å².